The maximum Gasteiger partial charge on any atom is 0.139 e. The number of nitrogens with zero attached hydrogens (tertiary/aromatic N) is 2. The molecule has 21 heavy (non-hydrogen) atoms. The second-order valence-corrected chi connectivity index (χ2v) is 4.16. The lowest BCUT2D eigenvalue weighted by Gasteiger charge is -2.06. The molecule has 0 spiro atoms. The van der Waals surface area contributed by atoms with Crippen molar-refractivity contribution in [1.29, 1.82) is 5.26 Å². The van der Waals surface area contributed by atoms with Gasteiger partial charge in [0.2, 0.25) is 0 Å². The van der Waals surface area contributed by atoms with Crippen LogP contribution in [0.5, 0.6) is 5.75 Å². The van der Waals surface area contributed by atoms with Crippen molar-refractivity contribution >= 4 is 0 Å². The van der Waals surface area contributed by atoms with Gasteiger partial charge in [0.1, 0.15) is 18.2 Å². The van der Waals surface area contributed by atoms with Crippen LogP contribution in [0.3, 0.4) is 0 Å². The second-order valence-electron chi connectivity index (χ2n) is 4.16. The number of nitrogens with two attached hydrogens (primary N) is 1. The SMILES string of the molecule is N#Cc1cc(F)cc(COc2cncc(C#CCN)c2)c1. The molecule has 5 heteroatoms. The Morgan fingerprint density at radius 1 is 1.19 bits per heavy atom. The summed E-state index contributed by atoms with van der Waals surface area (Å²) in [6.45, 7) is 0.410. The van der Waals surface area contributed by atoms with Gasteiger partial charge in [0.25, 0.3) is 0 Å². The molecule has 1 heterocycles. The number of rotatable bonds is 3. The van der Waals surface area contributed by atoms with Gasteiger partial charge in [-0.1, -0.05) is 11.8 Å². The normalized spacial score (nSPS) is 9.38. The van der Waals surface area contributed by atoms with E-state index in [4.69, 9.17) is 15.7 Å². The Labute approximate surface area is 122 Å². The van der Waals surface area contributed by atoms with Gasteiger partial charge in [-0.05, 0) is 29.8 Å². The molecule has 0 atom stereocenters. The summed E-state index contributed by atoms with van der Waals surface area (Å²) in [5.41, 5.74) is 6.83. The molecule has 104 valence electrons. The van der Waals surface area contributed by atoms with Gasteiger partial charge in [0.05, 0.1) is 24.4 Å². The molecule has 0 radical (unpaired) electrons. The van der Waals surface area contributed by atoms with Crippen LogP contribution in [-0.2, 0) is 6.61 Å². The number of aromatic nitrogens is 1. The maximum atomic E-state index is 13.3. The van der Waals surface area contributed by atoms with E-state index in [2.05, 4.69) is 16.8 Å². The van der Waals surface area contributed by atoms with Crippen LogP contribution < -0.4 is 10.5 Å². The Morgan fingerprint density at radius 2 is 2.05 bits per heavy atom. The third-order valence-electron chi connectivity index (χ3n) is 2.54. The van der Waals surface area contributed by atoms with Gasteiger partial charge in [0, 0.05) is 11.8 Å². The first-order valence-corrected chi connectivity index (χ1v) is 6.17. The van der Waals surface area contributed by atoms with Crippen molar-refractivity contribution < 1.29 is 9.13 Å². The monoisotopic (exact) mass is 281 g/mol. The van der Waals surface area contributed by atoms with Crippen LogP contribution in [-0.4, -0.2) is 11.5 Å². The molecule has 0 saturated carbocycles. The summed E-state index contributed by atoms with van der Waals surface area (Å²) in [4.78, 5) is 4.01. The van der Waals surface area contributed by atoms with Gasteiger partial charge in [-0.3, -0.25) is 4.98 Å². The molecular formula is C16H12FN3O. The first kappa shape index (κ1) is 14.5. The van der Waals surface area contributed by atoms with E-state index in [-0.39, 0.29) is 18.7 Å². The maximum absolute atomic E-state index is 13.3. The molecule has 0 aliphatic rings. The molecule has 2 aromatic rings. The fraction of sp³-hybridized carbons (Fsp3) is 0.125. The summed E-state index contributed by atoms with van der Waals surface area (Å²) in [7, 11) is 0. The van der Waals surface area contributed by atoms with E-state index in [1.54, 1.807) is 18.3 Å². The highest BCUT2D eigenvalue weighted by Gasteiger charge is 2.02. The molecule has 0 aliphatic carbocycles. The van der Waals surface area contributed by atoms with Crippen LogP contribution in [0.15, 0.2) is 36.7 Å². The second kappa shape index (κ2) is 7.04. The van der Waals surface area contributed by atoms with Crippen LogP contribution in [0.1, 0.15) is 16.7 Å². The topological polar surface area (TPSA) is 71.9 Å². The van der Waals surface area contributed by atoms with Crippen molar-refractivity contribution in [2.24, 2.45) is 5.73 Å². The summed E-state index contributed by atoms with van der Waals surface area (Å²) in [6, 6.07) is 7.70. The predicted octanol–water partition coefficient (Wildman–Crippen LogP) is 1.98. The van der Waals surface area contributed by atoms with E-state index < -0.39 is 5.82 Å². The molecule has 2 rings (SSSR count). The van der Waals surface area contributed by atoms with E-state index >= 15 is 0 Å². The van der Waals surface area contributed by atoms with Crippen LogP contribution in [0.4, 0.5) is 4.39 Å². The largest absolute Gasteiger partial charge is 0.487 e. The van der Waals surface area contributed by atoms with Gasteiger partial charge in [-0.2, -0.15) is 5.26 Å². The summed E-state index contributed by atoms with van der Waals surface area (Å²) < 4.78 is 18.8. The highest BCUT2D eigenvalue weighted by molar-refractivity contribution is 5.37. The highest BCUT2D eigenvalue weighted by atomic mass is 19.1. The summed E-state index contributed by atoms with van der Waals surface area (Å²) in [6.07, 6.45) is 3.14. The smallest absolute Gasteiger partial charge is 0.139 e. The van der Waals surface area contributed by atoms with Crippen LogP contribution in [0.2, 0.25) is 0 Å². The average molecular weight is 281 g/mol. The molecule has 0 aliphatic heterocycles. The molecule has 1 aromatic heterocycles. The summed E-state index contributed by atoms with van der Waals surface area (Å²) in [5.74, 6) is 5.63. The fourth-order valence-corrected chi connectivity index (χ4v) is 1.68. The Kier molecular flexibility index (Phi) is 4.87. The number of hydrogen-bond donors (Lipinski definition) is 1. The zero-order valence-corrected chi connectivity index (χ0v) is 11.1. The van der Waals surface area contributed by atoms with Crippen molar-refractivity contribution in [3.05, 3.63) is 59.2 Å². The number of nitriles is 1. The molecular weight excluding hydrogens is 269 g/mol. The molecule has 4 nitrogen and oxygen atoms in total. The zero-order chi connectivity index (χ0) is 15.1. The van der Waals surface area contributed by atoms with Crippen LogP contribution in [0, 0.1) is 29.0 Å². The Morgan fingerprint density at radius 3 is 2.81 bits per heavy atom. The molecule has 0 saturated heterocycles. The molecule has 2 N–H and O–H groups in total. The Balaban J connectivity index is 2.10. The number of halogens is 1. The zero-order valence-electron chi connectivity index (χ0n) is 11.1. The first-order chi connectivity index (χ1) is 10.2. The number of pyridine rings is 1. The number of ether oxygens (including phenoxy) is 1. The first-order valence-electron chi connectivity index (χ1n) is 6.17. The van der Waals surface area contributed by atoms with Crippen molar-refractivity contribution in [3.63, 3.8) is 0 Å². The molecule has 0 amide bonds. The Hall–Kier alpha value is -2.89. The van der Waals surface area contributed by atoms with Crippen LogP contribution >= 0.6 is 0 Å². The lowest BCUT2D eigenvalue weighted by atomic mass is 10.1. The van der Waals surface area contributed by atoms with Crippen molar-refractivity contribution in [3.8, 4) is 23.7 Å². The van der Waals surface area contributed by atoms with E-state index in [1.165, 1.54) is 18.3 Å². The van der Waals surface area contributed by atoms with Gasteiger partial charge in [-0.15, -0.1) is 0 Å². The lowest BCUT2D eigenvalue weighted by molar-refractivity contribution is 0.304. The minimum Gasteiger partial charge on any atom is -0.487 e. The molecule has 0 bridgehead atoms. The lowest BCUT2D eigenvalue weighted by Crippen LogP contribution is -1.98. The van der Waals surface area contributed by atoms with Gasteiger partial charge < -0.3 is 10.5 Å². The third kappa shape index (κ3) is 4.31. The average Bonchev–Trinajstić information content (AvgIpc) is 2.51. The summed E-state index contributed by atoms with van der Waals surface area (Å²) in [5, 5.41) is 8.80. The Bertz CT molecular complexity index is 741. The van der Waals surface area contributed by atoms with Crippen molar-refractivity contribution in [2.45, 2.75) is 6.61 Å². The minimum atomic E-state index is -0.465. The van der Waals surface area contributed by atoms with E-state index in [1.807, 2.05) is 6.07 Å². The predicted molar refractivity (Wildman–Crippen MR) is 75.6 cm³/mol. The minimum absolute atomic E-state index is 0.141. The van der Waals surface area contributed by atoms with Gasteiger partial charge >= 0.3 is 0 Å². The van der Waals surface area contributed by atoms with Crippen molar-refractivity contribution in [2.75, 3.05) is 6.54 Å². The molecule has 1 aromatic carbocycles. The summed E-state index contributed by atoms with van der Waals surface area (Å²) >= 11 is 0. The molecule has 0 unspecified atom stereocenters. The van der Waals surface area contributed by atoms with Gasteiger partial charge in [0.15, 0.2) is 0 Å². The highest BCUT2D eigenvalue weighted by Crippen LogP contribution is 2.14. The number of hydrogen-bond acceptors (Lipinski definition) is 4. The van der Waals surface area contributed by atoms with E-state index in [0.29, 0.717) is 16.9 Å². The van der Waals surface area contributed by atoms with Gasteiger partial charge in [-0.25, -0.2) is 4.39 Å². The quantitative estimate of drug-likeness (QED) is 0.873. The van der Waals surface area contributed by atoms with Crippen LogP contribution in [0.25, 0.3) is 0 Å². The molecule has 0 fully saturated rings. The fourth-order valence-electron chi connectivity index (χ4n) is 1.68. The third-order valence-corrected chi connectivity index (χ3v) is 2.54. The standard InChI is InChI=1S/C16H12FN3O/c17-15-5-13(8-19)4-14(6-15)11-21-16-7-12(2-1-3-18)9-20-10-16/h4-7,9-10H,3,11,18H2. The van der Waals surface area contributed by atoms with E-state index in [9.17, 15) is 4.39 Å². The van der Waals surface area contributed by atoms with Crippen molar-refractivity contribution in [1.82, 2.24) is 4.98 Å². The van der Waals surface area contributed by atoms with E-state index in [0.717, 1.165) is 0 Å². The number of benzene rings is 1.